The van der Waals surface area contributed by atoms with Crippen LogP contribution in [0, 0.1) is 17.7 Å². The molecule has 17 heavy (non-hydrogen) atoms. The Morgan fingerprint density at radius 2 is 1.88 bits per heavy atom. The van der Waals surface area contributed by atoms with Gasteiger partial charge in [0.05, 0.1) is 0 Å². The predicted octanol–water partition coefficient (Wildman–Crippen LogP) is 3.80. The number of hydrogen-bond acceptors (Lipinski definition) is 1. The lowest BCUT2D eigenvalue weighted by molar-refractivity contribution is 0.196. The molecule has 0 aliphatic heterocycles. The number of hydrogen-bond donors (Lipinski definition) is 1. The summed E-state index contributed by atoms with van der Waals surface area (Å²) in [5, 5.41) is 9.40. The van der Waals surface area contributed by atoms with E-state index in [1.807, 2.05) is 6.07 Å². The minimum absolute atomic E-state index is 0.188. The Hall–Kier alpha value is -0.890. The van der Waals surface area contributed by atoms with E-state index in [9.17, 15) is 9.50 Å². The standard InChI is InChI=1S/C15H23FO/c1-3-12(4-2)8-14(11-17)9-13-6-5-7-15(16)10-13/h5-7,10,12,14,17H,3-4,8-9,11H2,1-2H3. The van der Waals surface area contributed by atoms with E-state index < -0.39 is 0 Å². The van der Waals surface area contributed by atoms with Crippen LogP contribution in [0.4, 0.5) is 4.39 Å². The number of benzene rings is 1. The molecule has 1 atom stereocenters. The van der Waals surface area contributed by atoms with Crippen molar-refractivity contribution in [2.45, 2.75) is 39.5 Å². The van der Waals surface area contributed by atoms with Crippen LogP contribution in [0.15, 0.2) is 24.3 Å². The predicted molar refractivity (Wildman–Crippen MR) is 69.4 cm³/mol. The quantitative estimate of drug-likeness (QED) is 0.766. The van der Waals surface area contributed by atoms with Gasteiger partial charge in [0, 0.05) is 6.61 Å². The third kappa shape index (κ3) is 4.86. The molecule has 1 rings (SSSR count). The van der Waals surface area contributed by atoms with Crippen LogP contribution in [-0.4, -0.2) is 11.7 Å². The van der Waals surface area contributed by atoms with Gasteiger partial charge in [-0.2, -0.15) is 0 Å². The average Bonchev–Trinajstić information content (AvgIpc) is 2.34. The molecular weight excluding hydrogens is 215 g/mol. The van der Waals surface area contributed by atoms with Gasteiger partial charge in [0.2, 0.25) is 0 Å². The second-order valence-corrected chi connectivity index (χ2v) is 4.80. The maximum atomic E-state index is 13.1. The Kier molecular flexibility index (Phi) is 6.20. The van der Waals surface area contributed by atoms with Gasteiger partial charge < -0.3 is 5.11 Å². The van der Waals surface area contributed by atoms with Gasteiger partial charge in [-0.05, 0) is 42.4 Å². The van der Waals surface area contributed by atoms with E-state index in [4.69, 9.17) is 0 Å². The zero-order valence-electron chi connectivity index (χ0n) is 10.8. The lowest BCUT2D eigenvalue weighted by Crippen LogP contribution is -2.14. The molecule has 0 radical (unpaired) electrons. The molecule has 1 N–H and O–H groups in total. The van der Waals surface area contributed by atoms with Crippen molar-refractivity contribution in [3.8, 4) is 0 Å². The first-order valence-electron chi connectivity index (χ1n) is 6.54. The van der Waals surface area contributed by atoms with Crippen LogP contribution in [0.25, 0.3) is 0 Å². The lowest BCUT2D eigenvalue weighted by Gasteiger charge is -2.20. The van der Waals surface area contributed by atoms with E-state index in [2.05, 4.69) is 13.8 Å². The largest absolute Gasteiger partial charge is 0.396 e. The van der Waals surface area contributed by atoms with Gasteiger partial charge >= 0.3 is 0 Å². The summed E-state index contributed by atoms with van der Waals surface area (Å²) in [7, 11) is 0. The molecule has 96 valence electrons. The Labute approximate surface area is 104 Å². The van der Waals surface area contributed by atoms with E-state index in [1.165, 1.54) is 6.07 Å². The molecule has 0 saturated heterocycles. The molecule has 0 amide bonds. The fourth-order valence-corrected chi connectivity index (χ4v) is 2.31. The molecule has 2 heteroatoms. The molecule has 0 heterocycles. The molecule has 0 aliphatic carbocycles. The average molecular weight is 238 g/mol. The molecule has 1 unspecified atom stereocenters. The molecular formula is C15H23FO. The Bertz CT molecular complexity index is 320. The highest BCUT2D eigenvalue weighted by atomic mass is 19.1. The van der Waals surface area contributed by atoms with Crippen molar-refractivity contribution in [2.75, 3.05) is 6.61 Å². The Morgan fingerprint density at radius 1 is 1.18 bits per heavy atom. The van der Waals surface area contributed by atoms with Crippen molar-refractivity contribution in [1.82, 2.24) is 0 Å². The van der Waals surface area contributed by atoms with E-state index in [0.29, 0.717) is 5.92 Å². The fraction of sp³-hybridized carbons (Fsp3) is 0.600. The second-order valence-electron chi connectivity index (χ2n) is 4.80. The topological polar surface area (TPSA) is 20.2 Å². The van der Waals surface area contributed by atoms with E-state index in [1.54, 1.807) is 12.1 Å². The number of halogens is 1. The van der Waals surface area contributed by atoms with Crippen LogP contribution in [0.1, 0.15) is 38.7 Å². The molecule has 0 spiro atoms. The monoisotopic (exact) mass is 238 g/mol. The smallest absolute Gasteiger partial charge is 0.123 e. The molecule has 0 fully saturated rings. The minimum atomic E-state index is -0.193. The van der Waals surface area contributed by atoms with Crippen molar-refractivity contribution < 1.29 is 9.50 Å². The number of aliphatic hydroxyl groups excluding tert-OH is 1. The fourth-order valence-electron chi connectivity index (χ4n) is 2.31. The van der Waals surface area contributed by atoms with Crippen molar-refractivity contribution >= 4 is 0 Å². The van der Waals surface area contributed by atoms with Gasteiger partial charge in [0.25, 0.3) is 0 Å². The molecule has 1 nitrogen and oxygen atoms in total. The summed E-state index contributed by atoms with van der Waals surface area (Å²) in [4.78, 5) is 0. The molecule has 1 aromatic carbocycles. The number of rotatable bonds is 7. The summed E-state index contributed by atoms with van der Waals surface area (Å²) < 4.78 is 13.1. The maximum absolute atomic E-state index is 13.1. The van der Waals surface area contributed by atoms with Crippen molar-refractivity contribution in [2.24, 2.45) is 11.8 Å². The summed E-state index contributed by atoms with van der Waals surface area (Å²) in [5.41, 5.74) is 0.981. The minimum Gasteiger partial charge on any atom is -0.396 e. The third-order valence-electron chi connectivity index (χ3n) is 3.49. The zero-order valence-corrected chi connectivity index (χ0v) is 10.8. The van der Waals surface area contributed by atoms with Gasteiger partial charge in [-0.1, -0.05) is 38.8 Å². The van der Waals surface area contributed by atoms with E-state index in [0.717, 1.165) is 31.2 Å². The Balaban J connectivity index is 2.57. The van der Waals surface area contributed by atoms with Crippen molar-refractivity contribution in [1.29, 1.82) is 0 Å². The maximum Gasteiger partial charge on any atom is 0.123 e. The van der Waals surface area contributed by atoms with Crippen molar-refractivity contribution in [3.05, 3.63) is 35.6 Å². The first kappa shape index (κ1) is 14.2. The Morgan fingerprint density at radius 3 is 2.41 bits per heavy atom. The van der Waals surface area contributed by atoms with Gasteiger partial charge in [0.15, 0.2) is 0 Å². The summed E-state index contributed by atoms with van der Waals surface area (Å²) in [6, 6.07) is 6.68. The first-order valence-corrected chi connectivity index (χ1v) is 6.54. The number of aliphatic hydroxyl groups is 1. The van der Waals surface area contributed by atoms with E-state index >= 15 is 0 Å². The van der Waals surface area contributed by atoms with Crippen LogP contribution in [0.3, 0.4) is 0 Å². The van der Waals surface area contributed by atoms with Gasteiger partial charge in [-0.15, -0.1) is 0 Å². The van der Waals surface area contributed by atoms with Gasteiger partial charge in [-0.3, -0.25) is 0 Å². The van der Waals surface area contributed by atoms with Crippen LogP contribution >= 0.6 is 0 Å². The van der Waals surface area contributed by atoms with Crippen LogP contribution in [0.2, 0.25) is 0 Å². The highest BCUT2D eigenvalue weighted by molar-refractivity contribution is 5.16. The van der Waals surface area contributed by atoms with Crippen LogP contribution < -0.4 is 0 Å². The summed E-state index contributed by atoms with van der Waals surface area (Å²) >= 11 is 0. The molecule has 1 aromatic rings. The van der Waals surface area contributed by atoms with Crippen LogP contribution in [0.5, 0.6) is 0 Å². The summed E-state index contributed by atoms with van der Waals surface area (Å²) in [6.07, 6.45) is 4.09. The van der Waals surface area contributed by atoms with Gasteiger partial charge in [-0.25, -0.2) is 4.39 Å². The summed E-state index contributed by atoms with van der Waals surface area (Å²) in [5.74, 6) is 0.726. The van der Waals surface area contributed by atoms with Gasteiger partial charge in [0.1, 0.15) is 5.82 Å². The third-order valence-corrected chi connectivity index (χ3v) is 3.49. The lowest BCUT2D eigenvalue weighted by atomic mass is 9.87. The zero-order chi connectivity index (χ0) is 12.7. The van der Waals surface area contributed by atoms with Crippen molar-refractivity contribution in [3.63, 3.8) is 0 Å². The molecule has 0 aliphatic rings. The first-order chi connectivity index (χ1) is 8.19. The summed E-state index contributed by atoms with van der Waals surface area (Å²) in [6.45, 7) is 4.56. The highest BCUT2D eigenvalue weighted by Crippen LogP contribution is 2.22. The normalized spacial score (nSPS) is 13.0. The van der Waals surface area contributed by atoms with E-state index in [-0.39, 0.29) is 18.3 Å². The molecule has 0 bridgehead atoms. The molecule has 0 saturated carbocycles. The SMILES string of the molecule is CCC(CC)CC(CO)Cc1cccc(F)c1. The van der Waals surface area contributed by atoms with Crippen LogP contribution in [-0.2, 0) is 6.42 Å². The molecule has 0 aromatic heterocycles. The second kappa shape index (κ2) is 7.44. The highest BCUT2D eigenvalue weighted by Gasteiger charge is 2.14.